The Bertz CT molecular complexity index is 598. The maximum Gasteiger partial charge on any atom is 0.124 e. The predicted octanol–water partition coefficient (Wildman–Crippen LogP) is 3.95. The Balaban J connectivity index is 2.10. The molecule has 0 bridgehead atoms. The molecule has 2 N–H and O–H groups in total. The minimum atomic E-state index is -0.244. The molecule has 0 amide bonds. The van der Waals surface area contributed by atoms with Crippen molar-refractivity contribution in [2.75, 3.05) is 7.11 Å². The third-order valence-electron chi connectivity index (χ3n) is 3.57. The topological polar surface area (TPSA) is 41.5 Å². The summed E-state index contributed by atoms with van der Waals surface area (Å²) in [4.78, 5) is 0. The van der Waals surface area contributed by atoms with Gasteiger partial charge in [-0.25, -0.2) is 4.39 Å². The van der Waals surface area contributed by atoms with E-state index < -0.39 is 0 Å². The molecule has 4 heteroatoms. The molecule has 112 valence electrons. The van der Waals surface area contributed by atoms with Crippen molar-refractivity contribution in [1.29, 1.82) is 0 Å². The fourth-order valence-corrected chi connectivity index (χ4v) is 2.33. The Morgan fingerprint density at radius 3 is 2.29 bits per heavy atom. The molecule has 0 aliphatic heterocycles. The van der Waals surface area contributed by atoms with Crippen LogP contribution in [0.2, 0.25) is 0 Å². The predicted molar refractivity (Wildman–Crippen MR) is 81.0 cm³/mol. The van der Waals surface area contributed by atoms with Crippen molar-refractivity contribution in [2.45, 2.75) is 25.9 Å². The van der Waals surface area contributed by atoms with Gasteiger partial charge in [-0.15, -0.1) is 0 Å². The highest BCUT2D eigenvalue weighted by Crippen LogP contribution is 2.29. The molecule has 2 rings (SSSR count). The van der Waals surface area contributed by atoms with Crippen molar-refractivity contribution >= 4 is 0 Å². The number of halogens is 1. The maximum atomic E-state index is 12.9. The number of hydrogen-bond donors (Lipinski definition) is 2. The first kappa shape index (κ1) is 15.3. The molecular formula is C17H20FNO2. The summed E-state index contributed by atoms with van der Waals surface area (Å²) in [5.74, 6) is 0.572. The van der Waals surface area contributed by atoms with Crippen LogP contribution >= 0.6 is 0 Å². The first-order valence-corrected chi connectivity index (χ1v) is 6.89. The molecule has 0 aliphatic rings. The minimum Gasteiger partial charge on any atom is -0.507 e. The molecule has 0 radical (unpaired) electrons. The molecule has 21 heavy (non-hydrogen) atoms. The fourth-order valence-electron chi connectivity index (χ4n) is 2.33. The van der Waals surface area contributed by atoms with Crippen LogP contribution in [0.15, 0.2) is 42.5 Å². The van der Waals surface area contributed by atoms with Crippen LogP contribution < -0.4 is 10.1 Å². The maximum absolute atomic E-state index is 12.9. The highest BCUT2D eigenvalue weighted by molar-refractivity contribution is 5.41. The monoisotopic (exact) mass is 289 g/mol. The lowest BCUT2D eigenvalue weighted by Gasteiger charge is -2.21. The molecule has 1 unspecified atom stereocenters. The zero-order valence-electron chi connectivity index (χ0n) is 12.4. The summed E-state index contributed by atoms with van der Waals surface area (Å²) in [6.45, 7) is 3.98. The van der Waals surface area contributed by atoms with Crippen molar-refractivity contribution in [1.82, 2.24) is 5.32 Å². The van der Waals surface area contributed by atoms with E-state index in [1.54, 1.807) is 25.3 Å². The normalized spacial score (nSPS) is 13.7. The van der Waals surface area contributed by atoms with Gasteiger partial charge in [0.1, 0.15) is 17.3 Å². The summed E-state index contributed by atoms with van der Waals surface area (Å²) in [5, 5.41) is 13.4. The quantitative estimate of drug-likeness (QED) is 0.875. The summed E-state index contributed by atoms with van der Waals surface area (Å²) in [5.41, 5.74) is 1.79. The SMILES string of the molecule is COc1ccc(C(C)N[C@H](C)c2ccc(F)cc2)c(O)c1. The second-order valence-electron chi connectivity index (χ2n) is 5.09. The van der Waals surface area contributed by atoms with Crippen LogP contribution in [0.25, 0.3) is 0 Å². The van der Waals surface area contributed by atoms with Crippen molar-refractivity contribution in [3.05, 3.63) is 59.4 Å². The van der Waals surface area contributed by atoms with Crippen LogP contribution in [-0.4, -0.2) is 12.2 Å². The second-order valence-corrected chi connectivity index (χ2v) is 5.09. The highest BCUT2D eigenvalue weighted by atomic mass is 19.1. The van der Waals surface area contributed by atoms with Gasteiger partial charge in [0, 0.05) is 23.7 Å². The molecule has 2 aromatic carbocycles. The summed E-state index contributed by atoms with van der Waals surface area (Å²) in [7, 11) is 1.56. The minimum absolute atomic E-state index is 0.0436. The number of ether oxygens (including phenoxy) is 1. The van der Waals surface area contributed by atoms with Gasteiger partial charge in [-0.1, -0.05) is 18.2 Å². The number of phenols is 1. The molecule has 2 aromatic rings. The third-order valence-corrected chi connectivity index (χ3v) is 3.57. The van der Waals surface area contributed by atoms with Gasteiger partial charge in [-0.2, -0.15) is 0 Å². The van der Waals surface area contributed by atoms with Crippen LogP contribution in [0.4, 0.5) is 4.39 Å². The third kappa shape index (κ3) is 3.73. The smallest absolute Gasteiger partial charge is 0.124 e. The first-order valence-electron chi connectivity index (χ1n) is 6.89. The van der Waals surface area contributed by atoms with Crippen LogP contribution in [0.1, 0.15) is 37.1 Å². The number of nitrogens with one attached hydrogen (secondary N) is 1. The van der Waals surface area contributed by atoms with Gasteiger partial charge in [0.05, 0.1) is 7.11 Å². The van der Waals surface area contributed by atoms with Crippen molar-refractivity contribution < 1.29 is 14.2 Å². The largest absolute Gasteiger partial charge is 0.507 e. The van der Waals surface area contributed by atoms with E-state index in [2.05, 4.69) is 5.32 Å². The zero-order valence-corrected chi connectivity index (χ0v) is 12.4. The van der Waals surface area contributed by atoms with Gasteiger partial charge in [-0.3, -0.25) is 0 Å². The Kier molecular flexibility index (Phi) is 4.81. The van der Waals surface area contributed by atoms with E-state index in [1.165, 1.54) is 12.1 Å². The van der Waals surface area contributed by atoms with E-state index in [-0.39, 0.29) is 23.7 Å². The second kappa shape index (κ2) is 6.59. The van der Waals surface area contributed by atoms with Crippen LogP contribution in [0, 0.1) is 5.82 Å². The summed E-state index contributed by atoms with van der Waals surface area (Å²) in [6, 6.07) is 11.7. The summed E-state index contributed by atoms with van der Waals surface area (Å²) < 4.78 is 18.0. The highest BCUT2D eigenvalue weighted by Gasteiger charge is 2.14. The van der Waals surface area contributed by atoms with Gasteiger partial charge in [-0.05, 0) is 37.6 Å². The Morgan fingerprint density at radius 2 is 1.71 bits per heavy atom. The molecule has 0 spiro atoms. The average Bonchev–Trinajstić information content (AvgIpc) is 2.47. The average molecular weight is 289 g/mol. The van der Waals surface area contributed by atoms with Crippen LogP contribution in [-0.2, 0) is 0 Å². The molecule has 2 atom stereocenters. The molecule has 0 heterocycles. The lowest BCUT2D eigenvalue weighted by atomic mass is 10.0. The molecular weight excluding hydrogens is 269 g/mol. The Labute approximate surface area is 124 Å². The van der Waals surface area contributed by atoms with Crippen molar-refractivity contribution in [3.63, 3.8) is 0 Å². The lowest BCUT2D eigenvalue weighted by Crippen LogP contribution is -2.22. The van der Waals surface area contributed by atoms with Crippen molar-refractivity contribution in [2.24, 2.45) is 0 Å². The van der Waals surface area contributed by atoms with Gasteiger partial charge < -0.3 is 15.2 Å². The molecule has 0 fully saturated rings. The Morgan fingerprint density at radius 1 is 1.05 bits per heavy atom. The van der Waals surface area contributed by atoms with E-state index in [4.69, 9.17) is 4.74 Å². The van der Waals surface area contributed by atoms with E-state index in [0.29, 0.717) is 5.75 Å². The van der Waals surface area contributed by atoms with Gasteiger partial charge in [0.15, 0.2) is 0 Å². The first-order chi connectivity index (χ1) is 10.0. The number of hydrogen-bond acceptors (Lipinski definition) is 3. The molecule has 0 saturated carbocycles. The van der Waals surface area contributed by atoms with Gasteiger partial charge in [0.2, 0.25) is 0 Å². The number of methoxy groups -OCH3 is 1. The number of rotatable bonds is 5. The zero-order chi connectivity index (χ0) is 15.4. The molecule has 0 aromatic heterocycles. The molecule has 0 saturated heterocycles. The van der Waals surface area contributed by atoms with Gasteiger partial charge >= 0.3 is 0 Å². The van der Waals surface area contributed by atoms with E-state index >= 15 is 0 Å². The van der Waals surface area contributed by atoms with Gasteiger partial charge in [0.25, 0.3) is 0 Å². The Hall–Kier alpha value is -2.07. The number of benzene rings is 2. The summed E-state index contributed by atoms with van der Waals surface area (Å²) >= 11 is 0. The van der Waals surface area contributed by atoms with E-state index in [0.717, 1.165) is 11.1 Å². The molecule has 0 aliphatic carbocycles. The fraction of sp³-hybridized carbons (Fsp3) is 0.294. The van der Waals surface area contributed by atoms with Crippen LogP contribution in [0.3, 0.4) is 0 Å². The van der Waals surface area contributed by atoms with Crippen LogP contribution in [0.5, 0.6) is 11.5 Å². The number of aromatic hydroxyl groups is 1. The van der Waals surface area contributed by atoms with Crippen molar-refractivity contribution in [3.8, 4) is 11.5 Å². The summed E-state index contributed by atoms with van der Waals surface area (Å²) in [6.07, 6.45) is 0. The molecule has 3 nitrogen and oxygen atoms in total. The van der Waals surface area contributed by atoms with E-state index in [9.17, 15) is 9.50 Å². The number of phenolic OH excluding ortho intramolecular Hbond substituents is 1. The lowest BCUT2D eigenvalue weighted by molar-refractivity contribution is 0.402. The standard InChI is InChI=1S/C17H20FNO2/c1-11(13-4-6-14(18)7-5-13)19-12(2)16-9-8-15(21-3)10-17(16)20/h4-12,19-20H,1-3H3/t11-,12?/m1/s1. The van der Waals surface area contributed by atoms with E-state index in [1.807, 2.05) is 26.0 Å².